The lowest BCUT2D eigenvalue weighted by Crippen LogP contribution is -2.33. The van der Waals surface area contributed by atoms with E-state index in [2.05, 4.69) is 35.2 Å². The second-order valence-electron chi connectivity index (χ2n) is 5.65. The number of nitrogens with two attached hydrogens (primary N) is 1. The third-order valence-corrected chi connectivity index (χ3v) is 4.52. The maximum absolute atomic E-state index is 6.14. The normalized spacial score (nSPS) is 17.0. The minimum Gasteiger partial charge on any atom is -0.329 e. The molecule has 0 spiro atoms. The standard InChI is InChI=1S/C18H21ClN2/c19-17-9-3-7-15(11-17)18(12-20)21-10-4-8-14-5-1-2-6-16(14)13-21/h1-3,5-7,9,11,18H,4,8,10,12-13,20H2. The molecule has 1 aliphatic rings. The zero-order valence-electron chi connectivity index (χ0n) is 12.1. The van der Waals surface area contributed by atoms with E-state index in [9.17, 15) is 0 Å². The van der Waals surface area contributed by atoms with Crippen molar-refractivity contribution < 1.29 is 0 Å². The molecule has 2 aromatic carbocycles. The first-order chi connectivity index (χ1) is 10.3. The molecule has 0 aliphatic carbocycles. The predicted octanol–water partition coefficient (Wildman–Crippen LogP) is 3.79. The van der Waals surface area contributed by atoms with E-state index >= 15 is 0 Å². The molecule has 0 fully saturated rings. The minimum atomic E-state index is 0.231. The molecular formula is C18H21ClN2. The Morgan fingerprint density at radius 3 is 2.67 bits per heavy atom. The van der Waals surface area contributed by atoms with E-state index in [-0.39, 0.29) is 6.04 Å². The van der Waals surface area contributed by atoms with Crippen molar-refractivity contribution in [3.63, 3.8) is 0 Å². The summed E-state index contributed by atoms with van der Waals surface area (Å²) in [6, 6.07) is 17.0. The van der Waals surface area contributed by atoms with E-state index in [4.69, 9.17) is 17.3 Å². The molecule has 2 nitrogen and oxygen atoms in total. The van der Waals surface area contributed by atoms with E-state index in [1.807, 2.05) is 18.2 Å². The molecule has 21 heavy (non-hydrogen) atoms. The number of aryl methyl sites for hydroxylation is 1. The van der Waals surface area contributed by atoms with Crippen molar-refractivity contribution in [3.8, 4) is 0 Å². The van der Waals surface area contributed by atoms with Gasteiger partial charge in [-0.25, -0.2) is 0 Å². The number of hydrogen-bond donors (Lipinski definition) is 1. The van der Waals surface area contributed by atoms with Crippen LogP contribution < -0.4 is 5.73 Å². The zero-order valence-corrected chi connectivity index (χ0v) is 12.9. The summed E-state index contributed by atoms with van der Waals surface area (Å²) in [6.45, 7) is 2.65. The van der Waals surface area contributed by atoms with Gasteiger partial charge in [0, 0.05) is 24.2 Å². The van der Waals surface area contributed by atoms with E-state index in [1.165, 1.54) is 23.1 Å². The molecule has 0 aromatic heterocycles. The molecule has 2 N–H and O–H groups in total. The lowest BCUT2D eigenvalue weighted by molar-refractivity contribution is 0.195. The van der Waals surface area contributed by atoms with Gasteiger partial charge < -0.3 is 5.73 Å². The summed E-state index contributed by atoms with van der Waals surface area (Å²) in [4.78, 5) is 2.48. The molecule has 2 aromatic rings. The van der Waals surface area contributed by atoms with Gasteiger partial charge in [0.15, 0.2) is 0 Å². The lowest BCUT2D eigenvalue weighted by Gasteiger charge is -2.30. The van der Waals surface area contributed by atoms with E-state index in [1.54, 1.807) is 0 Å². The summed E-state index contributed by atoms with van der Waals surface area (Å²) < 4.78 is 0. The second kappa shape index (κ2) is 6.61. The molecule has 1 aliphatic heterocycles. The van der Waals surface area contributed by atoms with Gasteiger partial charge in [-0.15, -0.1) is 0 Å². The van der Waals surface area contributed by atoms with Gasteiger partial charge in [-0.3, -0.25) is 4.90 Å². The van der Waals surface area contributed by atoms with Gasteiger partial charge in [-0.2, -0.15) is 0 Å². The van der Waals surface area contributed by atoms with Crippen LogP contribution >= 0.6 is 11.6 Å². The quantitative estimate of drug-likeness (QED) is 0.934. The van der Waals surface area contributed by atoms with Crippen molar-refractivity contribution in [3.05, 3.63) is 70.2 Å². The minimum absolute atomic E-state index is 0.231. The van der Waals surface area contributed by atoms with Gasteiger partial charge in [0.2, 0.25) is 0 Å². The molecule has 3 rings (SSSR count). The monoisotopic (exact) mass is 300 g/mol. The van der Waals surface area contributed by atoms with Crippen LogP contribution in [0.15, 0.2) is 48.5 Å². The summed E-state index contributed by atoms with van der Waals surface area (Å²) in [5.41, 5.74) is 10.2. The summed E-state index contributed by atoms with van der Waals surface area (Å²) in [6.07, 6.45) is 2.33. The maximum atomic E-state index is 6.14. The highest BCUT2D eigenvalue weighted by molar-refractivity contribution is 6.30. The molecule has 0 amide bonds. The number of halogens is 1. The van der Waals surface area contributed by atoms with Crippen molar-refractivity contribution in [2.75, 3.05) is 13.1 Å². The van der Waals surface area contributed by atoms with Gasteiger partial charge in [0.25, 0.3) is 0 Å². The Morgan fingerprint density at radius 2 is 1.90 bits per heavy atom. The van der Waals surface area contributed by atoms with Crippen LogP contribution in [0.5, 0.6) is 0 Å². The highest BCUT2D eigenvalue weighted by Crippen LogP contribution is 2.27. The van der Waals surface area contributed by atoms with Crippen LogP contribution in [0.3, 0.4) is 0 Å². The van der Waals surface area contributed by atoms with Gasteiger partial charge >= 0.3 is 0 Å². The van der Waals surface area contributed by atoms with E-state index < -0.39 is 0 Å². The third kappa shape index (κ3) is 3.29. The highest BCUT2D eigenvalue weighted by Gasteiger charge is 2.22. The number of fused-ring (bicyclic) bond motifs is 1. The van der Waals surface area contributed by atoms with Crippen molar-refractivity contribution in [2.45, 2.75) is 25.4 Å². The Morgan fingerprint density at radius 1 is 1.10 bits per heavy atom. The van der Waals surface area contributed by atoms with Crippen LogP contribution in [0.1, 0.15) is 29.2 Å². The number of hydrogen-bond acceptors (Lipinski definition) is 2. The van der Waals surface area contributed by atoms with Crippen molar-refractivity contribution >= 4 is 11.6 Å². The largest absolute Gasteiger partial charge is 0.329 e. The maximum Gasteiger partial charge on any atom is 0.0474 e. The Balaban J connectivity index is 1.88. The molecule has 0 saturated carbocycles. The predicted molar refractivity (Wildman–Crippen MR) is 88.4 cm³/mol. The fraction of sp³-hybridized carbons (Fsp3) is 0.333. The fourth-order valence-corrected chi connectivity index (χ4v) is 3.40. The highest BCUT2D eigenvalue weighted by atomic mass is 35.5. The number of rotatable bonds is 3. The fourth-order valence-electron chi connectivity index (χ4n) is 3.20. The van der Waals surface area contributed by atoms with Crippen LogP contribution in [-0.4, -0.2) is 18.0 Å². The molecule has 0 bridgehead atoms. The van der Waals surface area contributed by atoms with Gasteiger partial charge in [-0.05, 0) is 48.2 Å². The zero-order chi connectivity index (χ0) is 14.7. The Bertz CT molecular complexity index is 612. The van der Waals surface area contributed by atoms with Crippen molar-refractivity contribution in [2.24, 2.45) is 5.73 Å². The molecule has 1 heterocycles. The third-order valence-electron chi connectivity index (χ3n) is 4.28. The molecule has 1 unspecified atom stereocenters. The summed E-state index contributed by atoms with van der Waals surface area (Å²) in [5, 5.41) is 0.779. The summed E-state index contributed by atoms with van der Waals surface area (Å²) in [5.74, 6) is 0. The Labute approximate surface area is 131 Å². The molecule has 0 saturated heterocycles. The van der Waals surface area contributed by atoms with Crippen molar-refractivity contribution in [1.82, 2.24) is 4.90 Å². The number of benzene rings is 2. The van der Waals surface area contributed by atoms with Crippen LogP contribution in [0.4, 0.5) is 0 Å². The van der Waals surface area contributed by atoms with Crippen molar-refractivity contribution in [1.29, 1.82) is 0 Å². The van der Waals surface area contributed by atoms with Crippen LogP contribution in [0, 0.1) is 0 Å². The molecule has 3 heteroatoms. The molecular weight excluding hydrogens is 280 g/mol. The smallest absolute Gasteiger partial charge is 0.0474 e. The first kappa shape index (κ1) is 14.6. The Kier molecular flexibility index (Phi) is 4.59. The van der Waals surface area contributed by atoms with Gasteiger partial charge in [0.1, 0.15) is 0 Å². The second-order valence-corrected chi connectivity index (χ2v) is 6.09. The van der Waals surface area contributed by atoms with Crippen LogP contribution in [0.2, 0.25) is 5.02 Å². The molecule has 0 radical (unpaired) electrons. The Hall–Kier alpha value is -1.35. The average molecular weight is 301 g/mol. The average Bonchev–Trinajstić information content (AvgIpc) is 2.70. The van der Waals surface area contributed by atoms with Gasteiger partial charge in [-0.1, -0.05) is 48.0 Å². The topological polar surface area (TPSA) is 29.3 Å². The van der Waals surface area contributed by atoms with Crippen LogP contribution in [0.25, 0.3) is 0 Å². The van der Waals surface area contributed by atoms with Gasteiger partial charge in [0.05, 0.1) is 0 Å². The lowest BCUT2D eigenvalue weighted by atomic mass is 10.0. The SMILES string of the molecule is NCC(c1cccc(Cl)c1)N1CCCc2ccccc2C1. The van der Waals surface area contributed by atoms with Crippen LogP contribution in [-0.2, 0) is 13.0 Å². The van der Waals surface area contributed by atoms with E-state index in [0.717, 1.165) is 24.5 Å². The van der Waals surface area contributed by atoms with E-state index in [0.29, 0.717) is 6.54 Å². The molecule has 110 valence electrons. The molecule has 1 atom stereocenters. The summed E-state index contributed by atoms with van der Waals surface area (Å²) >= 11 is 6.14. The summed E-state index contributed by atoms with van der Waals surface area (Å²) in [7, 11) is 0. The first-order valence-corrected chi connectivity index (χ1v) is 7.92. The number of nitrogens with zero attached hydrogens (tertiary/aromatic N) is 1. The first-order valence-electron chi connectivity index (χ1n) is 7.54.